The molecule has 1 aromatic rings. The molecule has 1 aromatic carbocycles. The average molecular weight is 261 g/mol. The van der Waals surface area contributed by atoms with Gasteiger partial charge in [0.05, 0.1) is 12.1 Å². The van der Waals surface area contributed by atoms with Crippen LogP contribution in [0.2, 0.25) is 0 Å². The molecule has 1 aliphatic carbocycles. The fraction of sp³-hybridized carbons (Fsp3) is 0.562. The van der Waals surface area contributed by atoms with Crippen molar-refractivity contribution in [2.24, 2.45) is 5.92 Å². The van der Waals surface area contributed by atoms with Crippen molar-refractivity contribution < 1.29 is 9.90 Å². The molecule has 0 aliphatic heterocycles. The van der Waals surface area contributed by atoms with Crippen molar-refractivity contribution in [3.63, 3.8) is 0 Å². The second-order valence-corrected chi connectivity index (χ2v) is 5.96. The highest BCUT2D eigenvalue weighted by Gasteiger charge is 2.35. The lowest BCUT2D eigenvalue weighted by atomic mass is 9.76. The number of rotatable bonds is 3. The van der Waals surface area contributed by atoms with Gasteiger partial charge in [0.2, 0.25) is 0 Å². The van der Waals surface area contributed by atoms with Gasteiger partial charge >= 0.3 is 0 Å². The fourth-order valence-electron chi connectivity index (χ4n) is 2.97. The van der Waals surface area contributed by atoms with E-state index in [1.54, 1.807) is 0 Å². The van der Waals surface area contributed by atoms with Gasteiger partial charge in [-0.1, -0.05) is 37.5 Å². The first-order chi connectivity index (χ1) is 9.04. The third-order valence-electron chi connectivity index (χ3n) is 4.09. The summed E-state index contributed by atoms with van der Waals surface area (Å²) >= 11 is 0. The SMILES string of the molecule is Cc1ccc(C(=O)NC2(CO)CCCC(C)C2)cc1. The molecular weight excluding hydrogens is 238 g/mol. The Labute approximate surface area is 115 Å². The van der Waals surface area contributed by atoms with Gasteiger partial charge in [-0.2, -0.15) is 0 Å². The summed E-state index contributed by atoms with van der Waals surface area (Å²) in [6.45, 7) is 4.20. The fourth-order valence-corrected chi connectivity index (χ4v) is 2.97. The molecule has 19 heavy (non-hydrogen) atoms. The van der Waals surface area contributed by atoms with Crippen molar-refractivity contribution in [3.8, 4) is 0 Å². The molecule has 3 heteroatoms. The zero-order chi connectivity index (χ0) is 13.9. The van der Waals surface area contributed by atoms with E-state index < -0.39 is 5.54 Å². The second kappa shape index (κ2) is 5.74. The lowest BCUT2D eigenvalue weighted by Gasteiger charge is -2.39. The number of carbonyl (C=O) groups excluding carboxylic acids is 1. The van der Waals surface area contributed by atoms with Crippen molar-refractivity contribution in [1.82, 2.24) is 5.32 Å². The van der Waals surface area contributed by atoms with E-state index >= 15 is 0 Å². The molecule has 2 atom stereocenters. The van der Waals surface area contributed by atoms with E-state index in [1.165, 1.54) is 6.42 Å². The van der Waals surface area contributed by atoms with Crippen molar-refractivity contribution in [3.05, 3.63) is 35.4 Å². The number of aliphatic hydroxyl groups excluding tert-OH is 1. The number of aryl methyl sites for hydroxylation is 1. The third kappa shape index (κ3) is 3.35. The van der Waals surface area contributed by atoms with Gasteiger partial charge in [0.1, 0.15) is 0 Å². The van der Waals surface area contributed by atoms with Crippen LogP contribution >= 0.6 is 0 Å². The van der Waals surface area contributed by atoms with Crippen LogP contribution in [0.15, 0.2) is 24.3 Å². The molecule has 0 spiro atoms. The van der Waals surface area contributed by atoms with Crippen LogP contribution in [0.3, 0.4) is 0 Å². The molecule has 2 N–H and O–H groups in total. The van der Waals surface area contributed by atoms with Crippen LogP contribution in [0.25, 0.3) is 0 Å². The molecule has 1 fully saturated rings. The predicted octanol–water partition coefficient (Wildman–Crippen LogP) is 2.67. The Morgan fingerprint density at radius 2 is 2.11 bits per heavy atom. The first-order valence-electron chi connectivity index (χ1n) is 7.05. The zero-order valence-corrected chi connectivity index (χ0v) is 11.8. The van der Waals surface area contributed by atoms with E-state index in [4.69, 9.17) is 0 Å². The van der Waals surface area contributed by atoms with Crippen LogP contribution in [0.1, 0.15) is 48.5 Å². The van der Waals surface area contributed by atoms with Crippen LogP contribution in [0, 0.1) is 12.8 Å². The molecule has 0 aromatic heterocycles. The molecule has 2 unspecified atom stereocenters. The van der Waals surface area contributed by atoms with Gasteiger partial charge in [-0.25, -0.2) is 0 Å². The summed E-state index contributed by atoms with van der Waals surface area (Å²) < 4.78 is 0. The smallest absolute Gasteiger partial charge is 0.251 e. The standard InChI is InChI=1S/C16H23NO2/c1-12-5-7-14(8-6-12)15(19)17-16(11-18)9-3-4-13(2)10-16/h5-8,13,18H,3-4,9-11H2,1-2H3,(H,17,19). The van der Waals surface area contributed by atoms with Crippen LogP contribution < -0.4 is 5.32 Å². The number of hydrogen-bond donors (Lipinski definition) is 2. The van der Waals surface area contributed by atoms with Crippen LogP contribution in [-0.4, -0.2) is 23.2 Å². The van der Waals surface area contributed by atoms with E-state index in [9.17, 15) is 9.90 Å². The largest absolute Gasteiger partial charge is 0.394 e. The normalized spacial score (nSPS) is 27.0. The summed E-state index contributed by atoms with van der Waals surface area (Å²) in [7, 11) is 0. The molecule has 0 radical (unpaired) electrons. The van der Waals surface area contributed by atoms with E-state index in [0.29, 0.717) is 11.5 Å². The summed E-state index contributed by atoms with van der Waals surface area (Å²) in [6, 6.07) is 7.54. The first kappa shape index (κ1) is 14.1. The summed E-state index contributed by atoms with van der Waals surface area (Å²) in [5, 5.41) is 12.7. The van der Waals surface area contributed by atoms with E-state index in [-0.39, 0.29) is 12.5 Å². The van der Waals surface area contributed by atoms with E-state index in [2.05, 4.69) is 12.2 Å². The number of aliphatic hydroxyl groups is 1. The Bertz CT molecular complexity index is 441. The monoisotopic (exact) mass is 261 g/mol. The van der Waals surface area contributed by atoms with Gasteiger partial charge in [-0.15, -0.1) is 0 Å². The highest BCUT2D eigenvalue weighted by molar-refractivity contribution is 5.94. The van der Waals surface area contributed by atoms with Gasteiger partial charge < -0.3 is 10.4 Å². The maximum Gasteiger partial charge on any atom is 0.251 e. The Morgan fingerprint density at radius 3 is 2.68 bits per heavy atom. The quantitative estimate of drug-likeness (QED) is 0.879. The molecule has 0 saturated heterocycles. The molecule has 104 valence electrons. The van der Waals surface area contributed by atoms with Crippen molar-refractivity contribution in [2.45, 2.75) is 45.1 Å². The van der Waals surface area contributed by atoms with Crippen LogP contribution in [0.4, 0.5) is 0 Å². The Hall–Kier alpha value is -1.35. The second-order valence-electron chi connectivity index (χ2n) is 5.96. The van der Waals surface area contributed by atoms with Gasteiger partial charge in [-0.3, -0.25) is 4.79 Å². The van der Waals surface area contributed by atoms with Crippen LogP contribution in [-0.2, 0) is 0 Å². The van der Waals surface area contributed by atoms with Crippen molar-refractivity contribution >= 4 is 5.91 Å². The average Bonchev–Trinajstić information content (AvgIpc) is 2.39. The van der Waals surface area contributed by atoms with E-state index in [0.717, 1.165) is 24.8 Å². The summed E-state index contributed by atoms with van der Waals surface area (Å²) in [6.07, 6.45) is 3.98. The minimum absolute atomic E-state index is 0.0228. The Balaban J connectivity index is 2.09. The molecule has 0 heterocycles. The van der Waals surface area contributed by atoms with Crippen molar-refractivity contribution in [1.29, 1.82) is 0 Å². The van der Waals surface area contributed by atoms with Gasteiger partial charge in [-0.05, 0) is 37.8 Å². The number of hydrogen-bond acceptors (Lipinski definition) is 2. The lowest BCUT2D eigenvalue weighted by Crippen LogP contribution is -2.53. The summed E-state index contributed by atoms with van der Waals surface area (Å²) in [5.41, 5.74) is 1.37. The molecule has 1 aliphatic rings. The highest BCUT2D eigenvalue weighted by atomic mass is 16.3. The predicted molar refractivity (Wildman–Crippen MR) is 76.1 cm³/mol. The Kier molecular flexibility index (Phi) is 4.25. The number of benzene rings is 1. The van der Waals surface area contributed by atoms with Gasteiger partial charge in [0.15, 0.2) is 0 Å². The molecule has 2 rings (SSSR count). The minimum atomic E-state index is -0.431. The summed E-state index contributed by atoms with van der Waals surface area (Å²) in [4.78, 5) is 12.3. The highest BCUT2D eigenvalue weighted by Crippen LogP contribution is 2.32. The third-order valence-corrected chi connectivity index (χ3v) is 4.09. The van der Waals surface area contributed by atoms with Crippen LogP contribution in [0.5, 0.6) is 0 Å². The van der Waals surface area contributed by atoms with Crippen molar-refractivity contribution in [2.75, 3.05) is 6.61 Å². The molecular formula is C16H23NO2. The summed E-state index contributed by atoms with van der Waals surface area (Å²) in [5.74, 6) is 0.474. The minimum Gasteiger partial charge on any atom is -0.394 e. The first-order valence-corrected chi connectivity index (χ1v) is 7.05. The molecule has 1 amide bonds. The van der Waals surface area contributed by atoms with E-state index in [1.807, 2.05) is 31.2 Å². The Morgan fingerprint density at radius 1 is 1.42 bits per heavy atom. The molecule has 1 saturated carbocycles. The van der Waals surface area contributed by atoms with Gasteiger partial charge in [0, 0.05) is 5.56 Å². The van der Waals surface area contributed by atoms with Gasteiger partial charge in [0.25, 0.3) is 5.91 Å². The lowest BCUT2D eigenvalue weighted by molar-refractivity contribution is 0.0697. The maximum absolute atomic E-state index is 12.3. The molecule has 0 bridgehead atoms. The topological polar surface area (TPSA) is 49.3 Å². The number of nitrogens with one attached hydrogen (secondary N) is 1. The number of carbonyl (C=O) groups is 1. The maximum atomic E-state index is 12.3. The zero-order valence-electron chi connectivity index (χ0n) is 11.8. The molecule has 3 nitrogen and oxygen atoms in total. The number of amides is 1.